The molecule has 0 saturated carbocycles. The van der Waals surface area contributed by atoms with E-state index in [0.717, 1.165) is 22.3 Å². The average molecular weight is 302 g/mol. The van der Waals surface area contributed by atoms with Crippen LogP contribution in [0.2, 0.25) is 0 Å². The fraction of sp³-hybridized carbons (Fsp3) is 0.333. The number of rotatable bonds is 3. The molecule has 2 amide bonds. The molecule has 2 rings (SSSR count). The zero-order valence-corrected chi connectivity index (χ0v) is 13.2. The number of urea groups is 1. The molecule has 0 spiro atoms. The van der Waals surface area contributed by atoms with E-state index in [2.05, 4.69) is 27.5 Å². The lowest BCUT2D eigenvalue weighted by atomic mass is 10.2. The summed E-state index contributed by atoms with van der Waals surface area (Å²) < 4.78 is 1.01. The van der Waals surface area contributed by atoms with Crippen molar-refractivity contribution in [2.45, 2.75) is 6.92 Å². The smallest absolute Gasteiger partial charge is 0.321 e. The van der Waals surface area contributed by atoms with Crippen molar-refractivity contribution in [2.75, 3.05) is 32.5 Å². The van der Waals surface area contributed by atoms with Gasteiger partial charge >= 0.3 is 6.03 Å². The second-order valence-electron chi connectivity index (χ2n) is 4.73. The molecule has 21 heavy (non-hydrogen) atoms. The van der Waals surface area contributed by atoms with Crippen molar-refractivity contribution >= 4 is 32.7 Å². The Balaban J connectivity index is 2.15. The molecule has 1 aromatic heterocycles. The SMILES string of the molecule is CCNC(=O)Nc1nc2ccc(C#CCN(C)C)cc2s1. The fourth-order valence-electron chi connectivity index (χ4n) is 1.66. The Bertz CT molecular complexity index is 696. The molecule has 6 heteroatoms. The number of anilines is 1. The average Bonchev–Trinajstić information content (AvgIpc) is 2.79. The van der Waals surface area contributed by atoms with E-state index in [9.17, 15) is 4.79 Å². The van der Waals surface area contributed by atoms with Gasteiger partial charge in [0.25, 0.3) is 0 Å². The Labute approximate surface area is 128 Å². The number of nitrogens with zero attached hydrogens (tertiary/aromatic N) is 2. The number of amides is 2. The molecule has 1 aromatic carbocycles. The summed E-state index contributed by atoms with van der Waals surface area (Å²) in [6.07, 6.45) is 0. The van der Waals surface area contributed by atoms with Gasteiger partial charge in [-0.25, -0.2) is 9.78 Å². The van der Waals surface area contributed by atoms with Crippen molar-refractivity contribution in [1.29, 1.82) is 0 Å². The standard InChI is InChI=1S/C15H18N4OS/c1-4-16-14(20)18-15-17-12-8-7-11(10-13(12)21-15)6-5-9-19(2)3/h7-8,10H,4,9H2,1-3H3,(H2,16,17,18,20). The van der Waals surface area contributed by atoms with Gasteiger partial charge in [-0.15, -0.1) is 0 Å². The van der Waals surface area contributed by atoms with E-state index in [4.69, 9.17) is 0 Å². The number of hydrogen-bond donors (Lipinski definition) is 2. The molecule has 0 bridgehead atoms. The summed E-state index contributed by atoms with van der Waals surface area (Å²) in [7, 11) is 3.97. The molecule has 0 aliphatic carbocycles. The maximum atomic E-state index is 11.5. The fourth-order valence-corrected chi connectivity index (χ4v) is 2.56. The van der Waals surface area contributed by atoms with Crippen molar-refractivity contribution in [3.63, 3.8) is 0 Å². The molecule has 2 aromatic rings. The van der Waals surface area contributed by atoms with Crippen LogP contribution in [0.1, 0.15) is 12.5 Å². The van der Waals surface area contributed by atoms with Crippen LogP contribution < -0.4 is 10.6 Å². The highest BCUT2D eigenvalue weighted by atomic mass is 32.1. The Hall–Kier alpha value is -2.10. The van der Waals surface area contributed by atoms with Gasteiger partial charge < -0.3 is 5.32 Å². The second kappa shape index (κ2) is 7.07. The highest BCUT2D eigenvalue weighted by molar-refractivity contribution is 7.22. The minimum Gasteiger partial charge on any atom is -0.338 e. The molecule has 1 heterocycles. The Morgan fingerprint density at radius 2 is 2.24 bits per heavy atom. The Kier molecular flexibility index (Phi) is 5.14. The number of carbonyl (C=O) groups excluding carboxylic acids is 1. The van der Waals surface area contributed by atoms with Crippen molar-refractivity contribution < 1.29 is 4.79 Å². The van der Waals surface area contributed by atoms with Crippen molar-refractivity contribution in [1.82, 2.24) is 15.2 Å². The van der Waals surface area contributed by atoms with E-state index in [0.29, 0.717) is 11.7 Å². The Morgan fingerprint density at radius 1 is 1.43 bits per heavy atom. The summed E-state index contributed by atoms with van der Waals surface area (Å²) in [4.78, 5) is 17.9. The molecule has 0 aliphatic rings. The number of carbonyl (C=O) groups is 1. The first-order valence-electron chi connectivity index (χ1n) is 6.67. The molecule has 110 valence electrons. The number of fused-ring (bicyclic) bond motifs is 1. The maximum Gasteiger partial charge on any atom is 0.321 e. The van der Waals surface area contributed by atoms with Gasteiger partial charge in [-0.05, 0) is 39.2 Å². The third-order valence-electron chi connectivity index (χ3n) is 2.57. The van der Waals surface area contributed by atoms with Crippen LogP contribution in [0.25, 0.3) is 10.2 Å². The van der Waals surface area contributed by atoms with E-state index >= 15 is 0 Å². The van der Waals surface area contributed by atoms with Gasteiger partial charge in [0, 0.05) is 12.1 Å². The summed E-state index contributed by atoms with van der Waals surface area (Å²) in [5.41, 5.74) is 1.82. The summed E-state index contributed by atoms with van der Waals surface area (Å²) >= 11 is 1.44. The molecular formula is C15H18N4OS. The van der Waals surface area contributed by atoms with E-state index < -0.39 is 0 Å². The van der Waals surface area contributed by atoms with Crippen LogP contribution in [0.3, 0.4) is 0 Å². The normalized spacial score (nSPS) is 10.3. The number of nitrogens with one attached hydrogen (secondary N) is 2. The minimum atomic E-state index is -0.234. The molecule has 0 radical (unpaired) electrons. The maximum absolute atomic E-state index is 11.5. The van der Waals surface area contributed by atoms with Gasteiger partial charge in [-0.2, -0.15) is 0 Å². The van der Waals surface area contributed by atoms with Crippen LogP contribution >= 0.6 is 11.3 Å². The monoisotopic (exact) mass is 302 g/mol. The van der Waals surface area contributed by atoms with Gasteiger partial charge in [-0.1, -0.05) is 23.2 Å². The lowest BCUT2D eigenvalue weighted by Gasteiger charge is -2.00. The van der Waals surface area contributed by atoms with Gasteiger partial charge in [-0.3, -0.25) is 10.2 Å². The zero-order valence-electron chi connectivity index (χ0n) is 12.4. The van der Waals surface area contributed by atoms with E-state index in [-0.39, 0.29) is 6.03 Å². The largest absolute Gasteiger partial charge is 0.338 e. The predicted octanol–water partition coefficient (Wildman–Crippen LogP) is 2.35. The molecule has 5 nitrogen and oxygen atoms in total. The molecule has 2 N–H and O–H groups in total. The van der Waals surface area contributed by atoms with Gasteiger partial charge in [0.05, 0.1) is 16.8 Å². The van der Waals surface area contributed by atoms with Crippen molar-refractivity contribution in [3.05, 3.63) is 23.8 Å². The van der Waals surface area contributed by atoms with Crippen LogP contribution in [-0.2, 0) is 0 Å². The number of aromatic nitrogens is 1. The van der Waals surface area contributed by atoms with Crippen molar-refractivity contribution in [2.24, 2.45) is 0 Å². The van der Waals surface area contributed by atoms with Crippen molar-refractivity contribution in [3.8, 4) is 11.8 Å². The predicted molar refractivity (Wildman–Crippen MR) is 87.7 cm³/mol. The summed E-state index contributed by atoms with van der Waals surface area (Å²) in [6, 6.07) is 5.63. The number of hydrogen-bond acceptors (Lipinski definition) is 4. The Morgan fingerprint density at radius 3 is 2.95 bits per heavy atom. The van der Waals surface area contributed by atoms with Crippen LogP contribution in [0.15, 0.2) is 18.2 Å². The van der Waals surface area contributed by atoms with Crippen LogP contribution in [-0.4, -0.2) is 43.1 Å². The van der Waals surface area contributed by atoms with Gasteiger partial charge in [0.1, 0.15) is 0 Å². The first-order chi connectivity index (χ1) is 10.1. The number of benzene rings is 1. The van der Waals surface area contributed by atoms with Gasteiger partial charge in [0.15, 0.2) is 5.13 Å². The van der Waals surface area contributed by atoms with Gasteiger partial charge in [0.2, 0.25) is 0 Å². The lowest BCUT2D eigenvalue weighted by Crippen LogP contribution is -2.28. The topological polar surface area (TPSA) is 57.3 Å². The first kappa shape index (κ1) is 15.3. The van der Waals surface area contributed by atoms with Crippen LogP contribution in [0, 0.1) is 11.8 Å². The van der Waals surface area contributed by atoms with E-state index in [1.54, 1.807) is 0 Å². The van der Waals surface area contributed by atoms with E-state index in [1.165, 1.54) is 11.3 Å². The molecule has 0 aliphatic heterocycles. The number of thiazole rings is 1. The van der Waals surface area contributed by atoms with E-state index in [1.807, 2.05) is 44.1 Å². The quantitative estimate of drug-likeness (QED) is 0.856. The van der Waals surface area contributed by atoms with Crippen LogP contribution in [0.5, 0.6) is 0 Å². The molecule has 0 atom stereocenters. The summed E-state index contributed by atoms with van der Waals surface area (Å²) in [5, 5.41) is 5.99. The highest BCUT2D eigenvalue weighted by Crippen LogP contribution is 2.26. The minimum absolute atomic E-state index is 0.234. The third-order valence-corrected chi connectivity index (χ3v) is 3.51. The second-order valence-corrected chi connectivity index (χ2v) is 5.76. The third kappa shape index (κ3) is 4.45. The highest BCUT2D eigenvalue weighted by Gasteiger charge is 2.07. The zero-order chi connectivity index (χ0) is 15.2. The molecule has 0 unspecified atom stereocenters. The first-order valence-corrected chi connectivity index (χ1v) is 7.49. The molecule has 0 fully saturated rings. The van der Waals surface area contributed by atoms with Crippen LogP contribution in [0.4, 0.5) is 9.93 Å². The molecular weight excluding hydrogens is 284 g/mol. The lowest BCUT2D eigenvalue weighted by molar-refractivity contribution is 0.252. The summed E-state index contributed by atoms with van der Waals surface area (Å²) in [5.74, 6) is 6.23. The molecule has 0 saturated heterocycles. The summed E-state index contributed by atoms with van der Waals surface area (Å²) in [6.45, 7) is 3.18.